The maximum atomic E-state index is 16.1. The van der Waals surface area contributed by atoms with Gasteiger partial charge in [-0.25, -0.2) is 19.0 Å². The minimum absolute atomic E-state index is 0.0378. The van der Waals surface area contributed by atoms with Crippen LogP contribution >= 0.6 is 31.1 Å². The predicted molar refractivity (Wildman–Crippen MR) is 151 cm³/mol. The fourth-order valence-electron chi connectivity index (χ4n) is 3.84. The molecule has 1 fully saturated rings. The number of nitrogens with one attached hydrogen (secondary N) is 1. The Hall–Kier alpha value is -2.20. The molecule has 4 rings (SSSR count). The number of carbonyl (C=O) groups excluding carboxylic acids is 1. The van der Waals surface area contributed by atoms with Gasteiger partial charge in [-0.2, -0.15) is 9.97 Å². The Morgan fingerprint density at radius 1 is 1.37 bits per heavy atom. The summed E-state index contributed by atoms with van der Waals surface area (Å²) in [6, 6.07) is 9.07. The van der Waals surface area contributed by atoms with E-state index in [-0.39, 0.29) is 52.9 Å². The highest BCUT2D eigenvalue weighted by Gasteiger charge is 2.53. The van der Waals surface area contributed by atoms with E-state index in [1.54, 1.807) is 13.8 Å². The Balaban J connectivity index is 1.43. The standard InChI is InChI=1S/C24H31ClFN6O7PS/c1-23(2,12-33)21(35)41-9-8-38-40(36,29-10-15-6-4-3-5-7-15)39-11-16-18(34)24(26,13-37-16)32-14-28-17-19(27)30-22(25)31-20(17)32/h3-7,14,16,18,33-34H,8-13H2,1-2H3,(H,29,36)(H2,27,30,31). The highest BCUT2D eigenvalue weighted by atomic mass is 35.5. The number of thioether (sulfide) groups is 1. The zero-order valence-electron chi connectivity index (χ0n) is 22.3. The number of hydrogen-bond acceptors (Lipinski definition) is 12. The van der Waals surface area contributed by atoms with Crippen LogP contribution in [-0.2, 0) is 35.5 Å². The molecule has 0 amide bonds. The molecule has 0 spiro atoms. The first-order valence-electron chi connectivity index (χ1n) is 12.5. The Morgan fingerprint density at radius 3 is 2.80 bits per heavy atom. The lowest BCUT2D eigenvalue weighted by atomic mass is 9.97. The molecular formula is C24H31ClFN6O7PS. The van der Waals surface area contributed by atoms with E-state index in [4.69, 9.17) is 31.1 Å². The molecule has 1 aromatic carbocycles. The lowest BCUT2D eigenvalue weighted by Crippen LogP contribution is -2.43. The van der Waals surface area contributed by atoms with Crippen molar-refractivity contribution in [1.29, 1.82) is 0 Å². The molecule has 0 saturated carbocycles. The van der Waals surface area contributed by atoms with E-state index in [0.717, 1.165) is 28.2 Å². The second kappa shape index (κ2) is 13.0. The minimum atomic E-state index is -4.04. The van der Waals surface area contributed by atoms with Gasteiger partial charge in [-0.1, -0.05) is 42.1 Å². The van der Waals surface area contributed by atoms with Crippen LogP contribution in [0.1, 0.15) is 19.4 Å². The van der Waals surface area contributed by atoms with Crippen molar-refractivity contribution in [1.82, 2.24) is 24.6 Å². The molecule has 5 N–H and O–H groups in total. The number of ether oxygens (including phenoxy) is 1. The first kappa shape index (κ1) is 31.7. The van der Waals surface area contributed by atoms with E-state index in [1.165, 1.54) is 0 Å². The summed E-state index contributed by atoms with van der Waals surface area (Å²) in [5.74, 6) is -2.44. The number of aliphatic hydroxyl groups excluding tert-OH is 2. The molecule has 2 aromatic heterocycles. The van der Waals surface area contributed by atoms with Crippen LogP contribution in [0.25, 0.3) is 11.2 Å². The molecule has 13 nitrogen and oxygen atoms in total. The quantitative estimate of drug-likeness (QED) is 0.123. The van der Waals surface area contributed by atoms with Crippen LogP contribution in [-0.4, -0.2) is 79.2 Å². The Morgan fingerprint density at radius 2 is 2.10 bits per heavy atom. The van der Waals surface area contributed by atoms with Crippen LogP contribution in [0.15, 0.2) is 36.7 Å². The van der Waals surface area contributed by atoms with Crippen LogP contribution in [0.4, 0.5) is 10.2 Å². The normalized spacial score (nSPS) is 22.7. The van der Waals surface area contributed by atoms with E-state index >= 15 is 4.39 Å². The van der Waals surface area contributed by atoms with Gasteiger partial charge in [0.1, 0.15) is 24.3 Å². The Labute approximate surface area is 244 Å². The van der Waals surface area contributed by atoms with E-state index in [2.05, 4.69) is 20.0 Å². The number of imidazole rings is 1. The van der Waals surface area contributed by atoms with Crippen LogP contribution in [0.3, 0.4) is 0 Å². The number of halogens is 2. The predicted octanol–water partition coefficient (Wildman–Crippen LogP) is 2.65. The molecule has 0 aliphatic carbocycles. The highest BCUT2D eigenvalue weighted by Crippen LogP contribution is 2.46. The second-order valence-electron chi connectivity index (χ2n) is 9.90. The van der Waals surface area contributed by atoms with E-state index in [1.807, 2.05) is 30.3 Å². The van der Waals surface area contributed by atoms with Gasteiger partial charge in [0.15, 0.2) is 16.6 Å². The molecule has 0 radical (unpaired) electrons. The number of carbonyl (C=O) groups is 1. The van der Waals surface area contributed by atoms with Gasteiger partial charge < -0.3 is 20.7 Å². The maximum absolute atomic E-state index is 16.1. The zero-order valence-corrected chi connectivity index (χ0v) is 24.7. The minimum Gasteiger partial charge on any atom is -0.395 e. The largest absolute Gasteiger partial charge is 0.405 e. The highest BCUT2D eigenvalue weighted by molar-refractivity contribution is 8.13. The second-order valence-corrected chi connectivity index (χ2v) is 13.1. The molecule has 224 valence electrons. The summed E-state index contributed by atoms with van der Waals surface area (Å²) >= 11 is 6.81. The number of fused-ring (bicyclic) bond motifs is 1. The number of aliphatic hydroxyl groups is 2. The number of anilines is 1. The summed E-state index contributed by atoms with van der Waals surface area (Å²) < 4.78 is 47.3. The van der Waals surface area contributed by atoms with Gasteiger partial charge in [-0.3, -0.25) is 18.4 Å². The SMILES string of the molecule is CC(C)(CO)C(=O)SCCOP(=O)(NCc1ccccc1)OCC1OCC(F)(n2cnc3c(N)nc(Cl)nc32)C1O. The average Bonchev–Trinajstić information content (AvgIpc) is 3.51. The van der Waals surface area contributed by atoms with Crippen molar-refractivity contribution in [3.63, 3.8) is 0 Å². The van der Waals surface area contributed by atoms with Gasteiger partial charge in [0, 0.05) is 12.3 Å². The maximum Gasteiger partial charge on any atom is 0.405 e. The summed E-state index contributed by atoms with van der Waals surface area (Å²) in [6.07, 6.45) is -1.93. The van der Waals surface area contributed by atoms with Crippen molar-refractivity contribution in [2.24, 2.45) is 5.41 Å². The first-order chi connectivity index (χ1) is 19.4. The summed E-state index contributed by atoms with van der Waals surface area (Å²) in [5.41, 5.74) is 5.72. The fraction of sp³-hybridized carbons (Fsp3) is 0.500. The van der Waals surface area contributed by atoms with Crippen LogP contribution in [0.5, 0.6) is 0 Å². The molecule has 1 aliphatic rings. The average molecular weight is 633 g/mol. The lowest BCUT2D eigenvalue weighted by molar-refractivity contribution is -0.119. The number of nitrogen functional groups attached to an aromatic ring is 1. The van der Waals surface area contributed by atoms with Crippen LogP contribution < -0.4 is 10.8 Å². The number of nitrogens with two attached hydrogens (primary N) is 1. The Kier molecular flexibility index (Phi) is 10.0. The van der Waals surface area contributed by atoms with Crippen molar-refractivity contribution in [2.75, 3.05) is 37.9 Å². The number of hydrogen-bond donors (Lipinski definition) is 4. The van der Waals surface area contributed by atoms with E-state index in [0.29, 0.717) is 0 Å². The third kappa shape index (κ3) is 7.24. The Bertz CT molecular complexity index is 1420. The van der Waals surface area contributed by atoms with Crippen molar-refractivity contribution < 1.29 is 37.7 Å². The number of aromatic nitrogens is 4. The molecular weight excluding hydrogens is 602 g/mol. The van der Waals surface area contributed by atoms with Gasteiger partial charge in [-0.05, 0) is 31.0 Å². The fourth-order valence-corrected chi connectivity index (χ4v) is 6.25. The number of nitrogens with zero attached hydrogens (tertiary/aromatic N) is 4. The summed E-state index contributed by atoms with van der Waals surface area (Å²) in [5, 5.41) is 22.6. The van der Waals surface area contributed by atoms with Crippen molar-refractivity contribution >= 4 is 53.2 Å². The molecule has 4 unspecified atom stereocenters. The van der Waals surface area contributed by atoms with Crippen LogP contribution in [0.2, 0.25) is 5.28 Å². The monoisotopic (exact) mass is 632 g/mol. The topological polar surface area (TPSA) is 184 Å². The van der Waals surface area contributed by atoms with Gasteiger partial charge in [0.25, 0.3) is 0 Å². The molecule has 41 heavy (non-hydrogen) atoms. The molecule has 17 heteroatoms. The van der Waals surface area contributed by atoms with Crippen molar-refractivity contribution in [3.8, 4) is 0 Å². The molecule has 1 saturated heterocycles. The molecule has 3 aromatic rings. The molecule has 1 aliphatic heterocycles. The van der Waals surface area contributed by atoms with E-state index in [9.17, 15) is 19.6 Å². The van der Waals surface area contributed by atoms with Crippen molar-refractivity contribution in [2.45, 2.75) is 38.4 Å². The summed E-state index contributed by atoms with van der Waals surface area (Å²) in [7, 11) is -4.04. The molecule has 0 bridgehead atoms. The third-order valence-corrected chi connectivity index (χ3v) is 9.27. The zero-order chi connectivity index (χ0) is 29.8. The van der Waals surface area contributed by atoms with Crippen molar-refractivity contribution in [3.05, 3.63) is 47.5 Å². The van der Waals surface area contributed by atoms with E-state index < -0.39 is 44.4 Å². The summed E-state index contributed by atoms with van der Waals surface area (Å²) in [4.78, 5) is 24.1. The third-order valence-electron chi connectivity index (χ3n) is 6.36. The van der Waals surface area contributed by atoms with Gasteiger partial charge in [0.2, 0.25) is 11.1 Å². The smallest absolute Gasteiger partial charge is 0.395 e. The number of benzene rings is 1. The molecule has 3 heterocycles. The number of rotatable bonds is 13. The lowest BCUT2D eigenvalue weighted by Gasteiger charge is -2.26. The first-order valence-corrected chi connectivity index (χ1v) is 15.4. The summed E-state index contributed by atoms with van der Waals surface area (Å²) in [6.45, 7) is 1.78. The number of alkyl halides is 1. The van der Waals surface area contributed by atoms with Crippen LogP contribution in [0, 0.1) is 5.41 Å². The van der Waals surface area contributed by atoms with Gasteiger partial charge >= 0.3 is 7.75 Å². The molecule has 4 atom stereocenters. The van der Waals surface area contributed by atoms with Gasteiger partial charge in [-0.15, -0.1) is 0 Å². The van der Waals surface area contributed by atoms with Gasteiger partial charge in [0.05, 0.1) is 31.6 Å².